The predicted octanol–water partition coefficient (Wildman–Crippen LogP) is 4.53. The SMILES string of the molecule is C=CC(=O)c1cn2c(cc1=O)/C(=C(/C(=C/C)C1CC1)c1ccc(F)cc1)N(C)CC2. The number of hydrogen-bond acceptors (Lipinski definition) is 3. The summed E-state index contributed by atoms with van der Waals surface area (Å²) in [5.74, 6) is -0.178. The van der Waals surface area contributed by atoms with Gasteiger partial charge in [0, 0.05) is 38.0 Å². The van der Waals surface area contributed by atoms with Crippen molar-refractivity contribution in [1.29, 1.82) is 0 Å². The van der Waals surface area contributed by atoms with E-state index in [1.165, 1.54) is 23.8 Å². The van der Waals surface area contributed by atoms with Gasteiger partial charge in [-0.15, -0.1) is 0 Å². The minimum atomic E-state index is -0.370. The number of ketones is 1. The first kappa shape index (κ1) is 20.1. The van der Waals surface area contributed by atoms with Gasteiger partial charge in [-0.25, -0.2) is 4.39 Å². The Bertz CT molecular complexity index is 1130. The van der Waals surface area contributed by atoms with E-state index in [9.17, 15) is 14.0 Å². The van der Waals surface area contributed by atoms with Crippen LogP contribution in [0.4, 0.5) is 4.39 Å². The van der Waals surface area contributed by atoms with Gasteiger partial charge in [-0.3, -0.25) is 9.59 Å². The first-order chi connectivity index (χ1) is 14.4. The fourth-order valence-electron chi connectivity index (χ4n) is 4.18. The zero-order valence-electron chi connectivity index (χ0n) is 17.3. The maximum absolute atomic E-state index is 13.6. The van der Waals surface area contributed by atoms with Gasteiger partial charge in [0.25, 0.3) is 0 Å². The van der Waals surface area contributed by atoms with E-state index in [-0.39, 0.29) is 22.6 Å². The van der Waals surface area contributed by atoms with Gasteiger partial charge in [-0.1, -0.05) is 24.8 Å². The largest absolute Gasteiger partial charge is 0.371 e. The summed E-state index contributed by atoms with van der Waals surface area (Å²) in [6.07, 6.45) is 7.19. The van der Waals surface area contributed by atoms with Crippen molar-refractivity contribution < 1.29 is 9.18 Å². The average molecular weight is 404 g/mol. The number of aromatic nitrogens is 1. The van der Waals surface area contributed by atoms with Gasteiger partial charge < -0.3 is 9.47 Å². The summed E-state index contributed by atoms with van der Waals surface area (Å²) < 4.78 is 15.6. The number of likely N-dealkylation sites (N-methyl/N-ethyl adjacent to an activating group) is 1. The Balaban J connectivity index is 2.01. The zero-order valence-corrected chi connectivity index (χ0v) is 17.3. The summed E-state index contributed by atoms with van der Waals surface area (Å²) in [6.45, 7) is 6.93. The molecule has 5 heteroatoms. The summed E-state index contributed by atoms with van der Waals surface area (Å²) in [5.41, 5.74) is 4.69. The van der Waals surface area contributed by atoms with Gasteiger partial charge in [0.15, 0.2) is 11.2 Å². The molecule has 1 fully saturated rings. The number of carbonyl (C=O) groups is 1. The third-order valence-electron chi connectivity index (χ3n) is 5.87. The summed E-state index contributed by atoms with van der Waals surface area (Å²) in [6, 6.07) is 8.08. The molecule has 0 saturated heterocycles. The van der Waals surface area contributed by atoms with Gasteiger partial charge in [0.2, 0.25) is 0 Å². The monoisotopic (exact) mass is 404 g/mol. The molecular weight excluding hydrogens is 379 g/mol. The van der Waals surface area contributed by atoms with E-state index in [4.69, 9.17) is 0 Å². The number of rotatable bonds is 5. The minimum absolute atomic E-state index is 0.134. The number of carbonyl (C=O) groups excluding carboxylic acids is 1. The van der Waals surface area contributed by atoms with Crippen LogP contribution in [-0.2, 0) is 6.54 Å². The molecule has 1 aliphatic carbocycles. The molecular formula is C25H25FN2O2. The highest BCUT2D eigenvalue weighted by molar-refractivity contribution is 6.04. The van der Waals surface area contributed by atoms with Crippen LogP contribution in [0.2, 0.25) is 0 Å². The van der Waals surface area contributed by atoms with E-state index in [0.29, 0.717) is 12.5 Å². The highest BCUT2D eigenvalue weighted by Gasteiger charge is 2.32. The third-order valence-corrected chi connectivity index (χ3v) is 5.87. The van der Waals surface area contributed by atoms with Crippen LogP contribution in [0.5, 0.6) is 0 Å². The van der Waals surface area contributed by atoms with Crippen LogP contribution in [0.15, 0.2) is 65.6 Å². The Labute approximate surface area is 175 Å². The lowest BCUT2D eigenvalue weighted by molar-refractivity contribution is 0.104. The molecule has 4 nitrogen and oxygen atoms in total. The van der Waals surface area contributed by atoms with E-state index >= 15 is 0 Å². The van der Waals surface area contributed by atoms with Crippen LogP contribution in [-0.4, -0.2) is 28.8 Å². The molecule has 0 atom stereocenters. The molecule has 0 spiro atoms. The van der Waals surface area contributed by atoms with E-state index in [1.807, 2.05) is 18.5 Å². The molecule has 1 saturated carbocycles. The molecule has 30 heavy (non-hydrogen) atoms. The van der Waals surface area contributed by atoms with Crippen LogP contribution in [0.25, 0.3) is 11.3 Å². The van der Waals surface area contributed by atoms with Crippen LogP contribution in [0.3, 0.4) is 0 Å². The number of pyridine rings is 1. The van der Waals surface area contributed by atoms with Crippen LogP contribution >= 0.6 is 0 Å². The number of nitrogens with zero attached hydrogens (tertiary/aromatic N) is 2. The number of benzene rings is 1. The Morgan fingerprint density at radius 3 is 2.50 bits per heavy atom. The average Bonchev–Trinajstić information content (AvgIpc) is 3.57. The maximum atomic E-state index is 13.6. The smallest absolute Gasteiger partial charge is 0.193 e. The van der Waals surface area contributed by atoms with Gasteiger partial charge in [-0.2, -0.15) is 0 Å². The minimum Gasteiger partial charge on any atom is -0.371 e. The van der Waals surface area contributed by atoms with Crippen molar-refractivity contribution in [1.82, 2.24) is 9.47 Å². The molecule has 0 bridgehead atoms. The lowest BCUT2D eigenvalue weighted by Gasteiger charge is -2.34. The summed E-state index contributed by atoms with van der Waals surface area (Å²) >= 11 is 0. The van der Waals surface area contributed by atoms with Gasteiger partial charge >= 0.3 is 0 Å². The topological polar surface area (TPSA) is 42.3 Å². The fourth-order valence-corrected chi connectivity index (χ4v) is 4.18. The lowest BCUT2D eigenvalue weighted by atomic mass is 9.90. The second kappa shape index (κ2) is 7.90. The highest BCUT2D eigenvalue weighted by Crippen LogP contribution is 2.46. The fraction of sp³-hybridized carbons (Fsp3) is 0.280. The molecule has 0 N–H and O–H groups in total. The maximum Gasteiger partial charge on any atom is 0.193 e. The summed E-state index contributed by atoms with van der Waals surface area (Å²) in [7, 11) is 2.01. The Morgan fingerprint density at radius 2 is 1.90 bits per heavy atom. The van der Waals surface area contributed by atoms with Crippen molar-refractivity contribution in [3.8, 4) is 0 Å². The molecule has 154 valence electrons. The van der Waals surface area contributed by atoms with Crippen LogP contribution in [0.1, 0.15) is 41.4 Å². The van der Waals surface area contributed by atoms with Crippen molar-refractivity contribution >= 4 is 17.1 Å². The van der Waals surface area contributed by atoms with Gasteiger partial charge in [0.05, 0.1) is 17.0 Å². The third kappa shape index (κ3) is 3.56. The zero-order chi connectivity index (χ0) is 21.4. The summed E-state index contributed by atoms with van der Waals surface area (Å²) in [5, 5.41) is 0. The molecule has 1 aromatic carbocycles. The number of fused-ring (bicyclic) bond motifs is 1. The van der Waals surface area contributed by atoms with E-state index < -0.39 is 0 Å². The van der Waals surface area contributed by atoms with E-state index in [2.05, 4.69) is 17.6 Å². The van der Waals surface area contributed by atoms with Crippen LogP contribution < -0.4 is 5.43 Å². The number of allylic oxidation sites excluding steroid dienone is 4. The molecule has 2 aliphatic rings. The molecule has 0 unspecified atom stereocenters. The van der Waals surface area contributed by atoms with Crippen molar-refractivity contribution in [3.63, 3.8) is 0 Å². The van der Waals surface area contributed by atoms with Crippen molar-refractivity contribution in [2.75, 3.05) is 13.6 Å². The van der Waals surface area contributed by atoms with Crippen molar-refractivity contribution in [2.24, 2.45) is 5.92 Å². The quantitative estimate of drug-likeness (QED) is 0.543. The highest BCUT2D eigenvalue weighted by atomic mass is 19.1. The first-order valence-corrected chi connectivity index (χ1v) is 10.2. The molecule has 4 rings (SSSR count). The number of hydrogen-bond donors (Lipinski definition) is 0. The molecule has 1 aliphatic heterocycles. The van der Waals surface area contributed by atoms with E-state index in [1.54, 1.807) is 24.4 Å². The lowest BCUT2D eigenvalue weighted by Crippen LogP contribution is -2.33. The van der Waals surface area contributed by atoms with Gasteiger partial charge in [0.1, 0.15) is 5.82 Å². The predicted molar refractivity (Wildman–Crippen MR) is 118 cm³/mol. The Morgan fingerprint density at radius 1 is 1.20 bits per heavy atom. The normalized spacial score (nSPS) is 18.1. The standard InChI is InChI=1S/C25H25FN2O2/c1-4-19(16-6-7-16)24(17-8-10-18(26)11-9-17)25-21-14-23(30)20(22(29)5-2)15-28(21)13-12-27(25)3/h4-5,8-11,14-16H,2,6-7,12-13H2,1,3H3/b19-4+,25-24-. The first-order valence-electron chi connectivity index (χ1n) is 10.2. The molecule has 2 aromatic rings. The van der Waals surface area contributed by atoms with Gasteiger partial charge in [-0.05, 0) is 55.0 Å². The van der Waals surface area contributed by atoms with Crippen LogP contribution in [0, 0.1) is 11.7 Å². The van der Waals surface area contributed by atoms with Crippen molar-refractivity contribution in [2.45, 2.75) is 26.3 Å². The summed E-state index contributed by atoms with van der Waals surface area (Å²) in [4.78, 5) is 27.0. The second-order valence-electron chi connectivity index (χ2n) is 7.87. The molecule has 2 heterocycles. The number of halogens is 1. The molecule has 0 amide bonds. The molecule has 0 radical (unpaired) electrons. The van der Waals surface area contributed by atoms with Crippen molar-refractivity contribution in [3.05, 3.63) is 93.7 Å². The second-order valence-corrected chi connectivity index (χ2v) is 7.87. The molecule has 1 aromatic heterocycles. The Hall–Kier alpha value is -3.21. The Kier molecular flexibility index (Phi) is 5.29. The van der Waals surface area contributed by atoms with E-state index in [0.717, 1.165) is 41.9 Å².